The summed E-state index contributed by atoms with van der Waals surface area (Å²) < 4.78 is 0. The van der Waals surface area contributed by atoms with E-state index in [2.05, 4.69) is 41.5 Å². The number of thiophene rings is 1. The summed E-state index contributed by atoms with van der Waals surface area (Å²) in [7, 11) is 0. The molecule has 0 bridgehead atoms. The summed E-state index contributed by atoms with van der Waals surface area (Å²) in [5, 5.41) is 14.7. The van der Waals surface area contributed by atoms with Gasteiger partial charge in [0.15, 0.2) is 5.82 Å². The second-order valence-corrected chi connectivity index (χ2v) is 6.29. The second kappa shape index (κ2) is 5.48. The average molecular weight is 274 g/mol. The molecule has 2 heterocycles. The Bertz CT molecular complexity index is 550. The number of rotatable bonds is 3. The van der Waals surface area contributed by atoms with E-state index in [9.17, 15) is 0 Å². The molecule has 0 aliphatic rings. The molecule has 0 aliphatic carbocycles. The molecule has 0 unspecified atom stereocenters. The van der Waals surface area contributed by atoms with E-state index in [-0.39, 0.29) is 5.41 Å². The monoisotopic (exact) mass is 274 g/mol. The lowest BCUT2D eigenvalue weighted by molar-refractivity contribution is 0.559. The van der Waals surface area contributed by atoms with Gasteiger partial charge in [0, 0.05) is 10.3 Å². The van der Waals surface area contributed by atoms with Crippen molar-refractivity contribution in [3.8, 4) is 0 Å². The van der Waals surface area contributed by atoms with Crippen LogP contribution < -0.4 is 5.43 Å². The molecule has 100 valence electrons. The SMILES string of the molecule is C/C(=N/Nc1ccc(C(C)(C)C)nn1)c1cccs1. The first kappa shape index (κ1) is 13.7. The lowest BCUT2D eigenvalue weighted by atomic mass is 9.92. The largest absolute Gasteiger partial charge is 0.260 e. The van der Waals surface area contributed by atoms with E-state index >= 15 is 0 Å². The van der Waals surface area contributed by atoms with Crippen LogP contribution in [0.4, 0.5) is 5.82 Å². The van der Waals surface area contributed by atoms with Crippen molar-refractivity contribution >= 4 is 22.9 Å². The molecule has 0 saturated carbocycles. The fraction of sp³-hybridized carbons (Fsp3) is 0.357. The van der Waals surface area contributed by atoms with Gasteiger partial charge in [0.2, 0.25) is 0 Å². The highest BCUT2D eigenvalue weighted by atomic mass is 32.1. The van der Waals surface area contributed by atoms with Crippen LogP contribution in [-0.2, 0) is 5.41 Å². The molecule has 0 radical (unpaired) electrons. The first-order valence-electron chi connectivity index (χ1n) is 6.15. The molecule has 1 N–H and O–H groups in total. The van der Waals surface area contributed by atoms with Gasteiger partial charge in [-0.15, -0.1) is 16.4 Å². The molecule has 2 aromatic rings. The maximum absolute atomic E-state index is 4.30. The summed E-state index contributed by atoms with van der Waals surface area (Å²) in [4.78, 5) is 1.15. The third-order valence-electron chi connectivity index (χ3n) is 2.65. The summed E-state index contributed by atoms with van der Waals surface area (Å²) >= 11 is 1.67. The summed E-state index contributed by atoms with van der Waals surface area (Å²) in [6, 6.07) is 7.93. The zero-order chi connectivity index (χ0) is 13.9. The van der Waals surface area contributed by atoms with Crippen molar-refractivity contribution in [1.82, 2.24) is 10.2 Å². The second-order valence-electron chi connectivity index (χ2n) is 5.34. The molecule has 0 saturated heterocycles. The predicted molar refractivity (Wildman–Crippen MR) is 80.9 cm³/mol. The molecule has 0 fully saturated rings. The summed E-state index contributed by atoms with van der Waals surface area (Å²) in [6.07, 6.45) is 0. The van der Waals surface area contributed by atoms with Gasteiger partial charge in [-0.1, -0.05) is 26.8 Å². The van der Waals surface area contributed by atoms with Crippen molar-refractivity contribution in [2.24, 2.45) is 5.10 Å². The third kappa shape index (κ3) is 3.61. The third-order valence-corrected chi connectivity index (χ3v) is 3.63. The Hall–Kier alpha value is -1.75. The minimum atomic E-state index is 0.0156. The number of hydrogen-bond donors (Lipinski definition) is 1. The summed E-state index contributed by atoms with van der Waals surface area (Å²) in [6.45, 7) is 8.31. The van der Waals surface area contributed by atoms with E-state index in [0.29, 0.717) is 5.82 Å². The quantitative estimate of drug-likeness (QED) is 0.686. The van der Waals surface area contributed by atoms with Crippen LogP contribution in [0, 0.1) is 0 Å². The maximum atomic E-state index is 4.30. The molecule has 4 nitrogen and oxygen atoms in total. The highest BCUT2D eigenvalue weighted by Gasteiger charge is 2.15. The van der Waals surface area contributed by atoms with Crippen molar-refractivity contribution < 1.29 is 0 Å². The number of nitrogens with zero attached hydrogens (tertiary/aromatic N) is 3. The minimum Gasteiger partial charge on any atom is -0.260 e. The van der Waals surface area contributed by atoms with Gasteiger partial charge in [0.1, 0.15) is 0 Å². The predicted octanol–water partition coefficient (Wildman–Crippen LogP) is 3.67. The molecule has 5 heteroatoms. The molecule has 0 amide bonds. The molecule has 0 spiro atoms. The van der Waals surface area contributed by atoms with Crippen LogP contribution in [0.25, 0.3) is 0 Å². The Labute approximate surface area is 117 Å². The number of aromatic nitrogens is 2. The van der Waals surface area contributed by atoms with Crippen LogP contribution in [-0.4, -0.2) is 15.9 Å². The van der Waals surface area contributed by atoms with E-state index in [1.807, 2.05) is 36.6 Å². The summed E-state index contributed by atoms with van der Waals surface area (Å²) in [5.41, 5.74) is 4.86. The number of nitrogens with one attached hydrogen (secondary N) is 1. The van der Waals surface area contributed by atoms with Crippen LogP contribution in [0.1, 0.15) is 38.3 Å². The Morgan fingerprint density at radius 2 is 2.00 bits per heavy atom. The molecular formula is C14H18N4S. The zero-order valence-corrected chi connectivity index (χ0v) is 12.5. The normalized spacial score (nSPS) is 12.5. The summed E-state index contributed by atoms with van der Waals surface area (Å²) in [5.74, 6) is 0.656. The molecular weight excluding hydrogens is 256 g/mol. The topological polar surface area (TPSA) is 50.2 Å². The smallest absolute Gasteiger partial charge is 0.168 e. The Morgan fingerprint density at radius 1 is 1.21 bits per heavy atom. The van der Waals surface area contributed by atoms with E-state index in [1.165, 1.54) is 0 Å². The van der Waals surface area contributed by atoms with Gasteiger partial charge in [-0.2, -0.15) is 10.2 Å². The first-order chi connectivity index (χ1) is 8.97. The highest BCUT2D eigenvalue weighted by molar-refractivity contribution is 7.12. The van der Waals surface area contributed by atoms with Crippen molar-refractivity contribution in [2.45, 2.75) is 33.1 Å². The van der Waals surface area contributed by atoms with E-state index in [1.54, 1.807) is 11.3 Å². The van der Waals surface area contributed by atoms with Gasteiger partial charge in [-0.3, -0.25) is 5.43 Å². The number of hydrazone groups is 1. The van der Waals surface area contributed by atoms with Crippen LogP contribution >= 0.6 is 11.3 Å². The van der Waals surface area contributed by atoms with Gasteiger partial charge in [-0.25, -0.2) is 0 Å². The highest BCUT2D eigenvalue weighted by Crippen LogP contribution is 2.19. The van der Waals surface area contributed by atoms with E-state index < -0.39 is 0 Å². The fourth-order valence-electron chi connectivity index (χ4n) is 1.47. The van der Waals surface area contributed by atoms with E-state index in [4.69, 9.17) is 0 Å². The van der Waals surface area contributed by atoms with Crippen LogP contribution in [0.5, 0.6) is 0 Å². The van der Waals surface area contributed by atoms with Crippen molar-refractivity contribution in [3.05, 3.63) is 40.2 Å². The van der Waals surface area contributed by atoms with E-state index in [0.717, 1.165) is 16.3 Å². The average Bonchev–Trinajstić information content (AvgIpc) is 2.89. The number of anilines is 1. The molecule has 0 atom stereocenters. The molecule has 2 rings (SSSR count). The molecule has 2 aromatic heterocycles. The van der Waals surface area contributed by atoms with Crippen molar-refractivity contribution in [3.63, 3.8) is 0 Å². The Kier molecular flexibility index (Phi) is 3.95. The Balaban J connectivity index is 2.06. The van der Waals surface area contributed by atoms with Crippen LogP contribution in [0.2, 0.25) is 0 Å². The van der Waals surface area contributed by atoms with Gasteiger partial charge in [0.25, 0.3) is 0 Å². The Morgan fingerprint density at radius 3 is 2.53 bits per heavy atom. The van der Waals surface area contributed by atoms with Crippen molar-refractivity contribution in [1.29, 1.82) is 0 Å². The number of hydrogen-bond acceptors (Lipinski definition) is 5. The molecule has 0 aliphatic heterocycles. The molecule has 0 aromatic carbocycles. The van der Waals surface area contributed by atoms with Gasteiger partial charge in [-0.05, 0) is 30.5 Å². The van der Waals surface area contributed by atoms with Crippen LogP contribution in [0.15, 0.2) is 34.7 Å². The lowest BCUT2D eigenvalue weighted by Gasteiger charge is -2.16. The minimum absolute atomic E-state index is 0.0156. The molecule has 19 heavy (non-hydrogen) atoms. The first-order valence-corrected chi connectivity index (χ1v) is 7.03. The standard InChI is InChI=1S/C14H18N4S/c1-10(11-6-5-9-19-11)15-17-13-8-7-12(16-18-13)14(2,3)4/h5-9H,1-4H3,(H,17,18)/b15-10-. The maximum Gasteiger partial charge on any atom is 0.168 e. The van der Waals surface area contributed by atoms with Gasteiger partial charge >= 0.3 is 0 Å². The fourth-order valence-corrected chi connectivity index (χ4v) is 2.15. The van der Waals surface area contributed by atoms with Gasteiger partial charge in [0.05, 0.1) is 11.4 Å². The lowest BCUT2D eigenvalue weighted by Crippen LogP contribution is -2.14. The van der Waals surface area contributed by atoms with Crippen molar-refractivity contribution in [2.75, 3.05) is 5.43 Å². The van der Waals surface area contributed by atoms with Crippen LogP contribution in [0.3, 0.4) is 0 Å². The van der Waals surface area contributed by atoms with Gasteiger partial charge < -0.3 is 0 Å². The zero-order valence-electron chi connectivity index (χ0n) is 11.6.